The predicted molar refractivity (Wildman–Crippen MR) is 62.8 cm³/mol. The molecule has 0 aromatic heterocycles. The first-order chi connectivity index (χ1) is 8.33. The van der Waals surface area contributed by atoms with Crippen LogP contribution in [-0.2, 0) is 4.84 Å². The molecule has 0 amide bonds. The quantitative estimate of drug-likeness (QED) is 0.789. The lowest BCUT2D eigenvalue weighted by molar-refractivity contribution is -0.0433. The lowest BCUT2D eigenvalue weighted by atomic mass is 10.1. The third-order valence-corrected chi connectivity index (χ3v) is 3.46. The van der Waals surface area contributed by atoms with Crippen molar-refractivity contribution in [1.29, 1.82) is 0 Å². The molecular formula is C13H17NO3. The van der Waals surface area contributed by atoms with Crippen LogP contribution in [0.3, 0.4) is 0 Å². The number of fused-ring (bicyclic) bond motifs is 1. The maximum Gasteiger partial charge on any atom is 0.128 e. The Bertz CT molecular complexity index is 402. The van der Waals surface area contributed by atoms with Gasteiger partial charge in [0.1, 0.15) is 18.1 Å². The molecule has 17 heavy (non-hydrogen) atoms. The minimum Gasteiger partial charge on any atom is -0.508 e. The Balaban J connectivity index is 1.63. The predicted octanol–water partition coefficient (Wildman–Crippen LogP) is 2.29. The first-order valence-corrected chi connectivity index (χ1v) is 6.20. The number of benzene rings is 1. The molecule has 0 bridgehead atoms. The summed E-state index contributed by atoms with van der Waals surface area (Å²) < 4.78 is 5.50. The summed E-state index contributed by atoms with van der Waals surface area (Å²) in [6.45, 7) is 0.561. The molecule has 1 atom stereocenters. The fourth-order valence-electron chi connectivity index (χ4n) is 2.48. The van der Waals surface area contributed by atoms with E-state index in [4.69, 9.17) is 9.57 Å². The lowest BCUT2D eigenvalue weighted by Crippen LogP contribution is -2.27. The third kappa shape index (κ3) is 2.23. The molecule has 4 heteroatoms. The molecule has 1 aliphatic heterocycles. The molecule has 0 spiro atoms. The van der Waals surface area contributed by atoms with Crippen LogP contribution >= 0.6 is 0 Å². The zero-order valence-corrected chi connectivity index (χ0v) is 9.69. The number of hydroxylamine groups is 1. The Hall–Kier alpha value is -1.26. The molecule has 1 unspecified atom stereocenters. The van der Waals surface area contributed by atoms with E-state index in [1.807, 2.05) is 6.07 Å². The summed E-state index contributed by atoms with van der Waals surface area (Å²) in [7, 11) is 0. The van der Waals surface area contributed by atoms with Crippen LogP contribution in [0.5, 0.6) is 11.5 Å². The molecule has 1 aromatic rings. The number of phenols is 1. The number of nitrogens with one attached hydrogen (secondary N) is 1. The van der Waals surface area contributed by atoms with Crippen LogP contribution in [0.4, 0.5) is 0 Å². The van der Waals surface area contributed by atoms with Crippen molar-refractivity contribution in [2.24, 2.45) is 0 Å². The van der Waals surface area contributed by atoms with Crippen LogP contribution in [0.1, 0.15) is 37.3 Å². The van der Waals surface area contributed by atoms with E-state index in [1.54, 1.807) is 12.1 Å². The molecule has 92 valence electrons. The van der Waals surface area contributed by atoms with Gasteiger partial charge in [0.05, 0.1) is 12.1 Å². The first-order valence-electron chi connectivity index (χ1n) is 6.20. The summed E-state index contributed by atoms with van der Waals surface area (Å²) in [6, 6.07) is 5.28. The summed E-state index contributed by atoms with van der Waals surface area (Å²) in [5, 5.41) is 9.35. The number of ether oxygens (including phenoxy) is 1. The Kier molecular flexibility index (Phi) is 2.91. The van der Waals surface area contributed by atoms with Gasteiger partial charge in [-0.1, -0.05) is 12.8 Å². The molecule has 2 aliphatic rings. The van der Waals surface area contributed by atoms with Crippen molar-refractivity contribution >= 4 is 0 Å². The van der Waals surface area contributed by atoms with Gasteiger partial charge in [-0.05, 0) is 25.0 Å². The maximum atomic E-state index is 9.35. The van der Waals surface area contributed by atoms with E-state index < -0.39 is 0 Å². The van der Waals surface area contributed by atoms with Gasteiger partial charge >= 0.3 is 0 Å². The zero-order chi connectivity index (χ0) is 11.7. The molecule has 2 N–H and O–H groups in total. The van der Waals surface area contributed by atoms with Gasteiger partial charge < -0.3 is 9.84 Å². The van der Waals surface area contributed by atoms with E-state index in [9.17, 15) is 5.11 Å². The van der Waals surface area contributed by atoms with Crippen molar-refractivity contribution in [3.05, 3.63) is 23.8 Å². The molecule has 1 aromatic carbocycles. The van der Waals surface area contributed by atoms with Gasteiger partial charge in [0.25, 0.3) is 0 Å². The monoisotopic (exact) mass is 235 g/mol. The van der Waals surface area contributed by atoms with E-state index in [1.165, 1.54) is 12.8 Å². The van der Waals surface area contributed by atoms with Gasteiger partial charge in [-0.25, -0.2) is 0 Å². The van der Waals surface area contributed by atoms with E-state index in [2.05, 4.69) is 5.48 Å². The summed E-state index contributed by atoms with van der Waals surface area (Å²) in [6.07, 6.45) is 5.15. The molecule has 3 rings (SSSR count). The van der Waals surface area contributed by atoms with E-state index in [0.29, 0.717) is 12.7 Å². The Morgan fingerprint density at radius 1 is 1.29 bits per heavy atom. The van der Waals surface area contributed by atoms with Crippen LogP contribution in [-0.4, -0.2) is 17.8 Å². The standard InChI is InChI=1S/C13H17NO3/c15-9-5-6-11-12(8-16-13(11)7-9)14-17-10-3-1-2-4-10/h5-7,10,12,14-15H,1-4,8H2. The Labute approximate surface area is 100 Å². The van der Waals surface area contributed by atoms with Crippen LogP contribution < -0.4 is 10.2 Å². The number of aromatic hydroxyl groups is 1. The van der Waals surface area contributed by atoms with E-state index in [0.717, 1.165) is 24.2 Å². The highest BCUT2D eigenvalue weighted by Gasteiger charge is 2.26. The van der Waals surface area contributed by atoms with Crippen molar-refractivity contribution in [2.45, 2.75) is 37.8 Å². The second-order valence-corrected chi connectivity index (χ2v) is 4.73. The summed E-state index contributed by atoms with van der Waals surface area (Å²) in [5.74, 6) is 0.985. The molecule has 1 fully saturated rings. The van der Waals surface area contributed by atoms with Gasteiger partial charge in [0, 0.05) is 11.6 Å². The largest absolute Gasteiger partial charge is 0.508 e. The van der Waals surface area contributed by atoms with Gasteiger partial charge in [-0.15, -0.1) is 0 Å². The van der Waals surface area contributed by atoms with Crippen molar-refractivity contribution in [3.63, 3.8) is 0 Å². The molecular weight excluding hydrogens is 218 g/mol. The highest BCUT2D eigenvalue weighted by atomic mass is 16.7. The minimum absolute atomic E-state index is 0.0752. The average molecular weight is 235 g/mol. The van der Waals surface area contributed by atoms with Crippen molar-refractivity contribution in [3.8, 4) is 11.5 Å². The summed E-state index contributed by atoms with van der Waals surface area (Å²) in [5.41, 5.74) is 4.15. The van der Waals surface area contributed by atoms with E-state index >= 15 is 0 Å². The Morgan fingerprint density at radius 2 is 2.12 bits per heavy atom. The summed E-state index contributed by atoms with van der Waals surface area (Å²) >= 11 is 0. The highest BCUT2D eigenvalue weighted by Crippen LogP contribution is 2.35. The molecule has 1 heterocycles. The van der Waals surface area contributed by atoms with Crippen LogP contribution in [0.2, 0.25) is 0 Å². The number of rotatable bonds is 3. The molecule has 1 saturated carbocycles. The Morgan fingerprint density at radius 3 is 2.94 bits per heavy atom. The van der Waals surface area contributed by atoms with Gasteiger partial charge in [0.15, 0.2) is 0 Å². The normalized spacial score (nSPS) is 23.6. The van der Waals surface area contributed by atoms with Crippen molar-refractivity contribution in [1.82, 2.24) is 5.48 Å². The number of hydrogen-bond acceptors (Lipinski definition) is 4. The van der Waals surface area contributed by atoms with Crippen molar-refractivity contribution in [2.75, 3.05) is 6.61 Å². The van der Waals surface area contributed by atoms with Crippen LogP contribution in [0, 0.1) is 0 Å². The highest BCUT2D eigenvalue weighted by molar-refractivity contribution is 5.44. The van der Waals surface area contributed by atoms with E-state index in [-0.39, 0.29) is 11.8 Å². The fourth-order valence-corrected chi connectivity index (χ4v) is 2.48. The molecule has 0 saturated heterocycles. The van der Waals surface area contributed by atoms with Gasteiger partial charge in [-0.2, -0.15) is 5.48 Å². The van der Waals surface area contributed by atoms with Crippen LogP contribution in [0.25, 0.3) is 0 Å². The van der Waals surface area contributed by atoms with Crippen LogP contribution in [0.15, 0.2) is 18.2 Å². The molecule has 4 nitrogen and oxygen atoms in total. The second-order valence-electron chi connectivity index (χ2n) is 4.73. The lowest BCUT2D eigenvalue weighted by Gasteiger charge is -2.16. The fraction of sp³-hybridized carbons (Fsp3) is 0.538. The minimum atomic E-state index is 0.0752. The number of hydrogen-bond donors (Lipinski definition) is 2. The zero-order valence-electron chi connectivity index (χ0n) is 9.69. The van der Waals surface area contributed by atoms with Crippen molar-refractivity contribution < 1.29 is 14.7 Å². The topological polar surface area (TPSA) is 50.7 Å². The smallest absolute Gasteiger partial charge is 0.128 e. The second kappa shape index (κ2) is 4.55. The first kappa shape index (κ1) is 10.9. The molecule has 1 aliphatic carbocycles. The molecule has 0 radical (unpaired) electrons. The van der Waals surface area contributed by atoms with Gasteiger partial charge in [-0.3, -0.25) is 4.84 Å². The summed E-state index contributed by atoms with van der Waals surface area (Å²) in [4.78, 5) is 5.68. The van der Waals surface area contributed by atoms with Gasteiger partial charge in [0.2, 0.25) is 0 Å². The maximum absolute atomic E-state index is 9.35. The third-order valence-electron chi connectivity index (χ3n) is 3.46. The number of phenolic OH excluding ortho intramolecular Hbond substituents is 1. The SMILES string of the molecule is Oc1ccc2c(c1)OCC2NOC1CCCC1. The average Bonchev–Trinajstić information content (AvgIpc) is 2.94.